The molecule has 3 aromatic rings. The third-order valence-corrected chi connectivity index (χ3v) is 3.53. The fourth-order valence-electron chi connectivity index (χ4n) is 2.40. The fraction of sp³-hybridized carbons (Fsp3) is 0.118. The number of anilines is 1. The number of rotatable bonds is 3. The van der Waals surface area contributed by atoms with Crippen LogP contribution in [0.3, 0.4) is 0 Å². The van der Waals surface area contributed by atoms with E-state index in [1.807, 2.05) is 36.5 Å². The summed E-state index contributed by atoms with van der Waals surface area (Å²) in [5.41, 5.74) is 9.38. The summed E-state index contributed by atoms with van der Waals surface area (Å²) < 4.78 is 6.83. The first kappa shape index (κ1) is 13.2. The molecule has 0 amide bonds. The van der Waals surface area contributed by atoms with Crippen LogP contribution in [0.25, 0.3) is 10.9 Å². The molecule has 0 aliphatic carbocycles. The highest BCUT2D eigenvalue weighted by Crippen LogP contribution is 2.20. The van der Waals surface area contributed by atoms with Gasteiger partial charge < -0.3 is 15.0 Å². The van der Waals surface area contributed by atoms with Crippen molar-refractivity contribution < 1.29 is 9.53 Å². The van der Waals surface area contributed by atoms with E-state index in [1.165, 1.54) is 7.11 Å². The first-order chi connectivity index (χ1) is 10.2. The Labute approximate surface area is 122 Å². The Bertz CT molecular complexity index is 788. The van der Waals surface area contributed by atoms with Crippen molar-refractivity contribution >= 4 is 22.6 Å². The lowest BCUT2D eigenvalue weighted by molar-refractivity contribution is 0.0600. The number of nitrogens with two attached hydrogens (primary N) is 1. The van der Waals surface area contributed by atoms with Gasteiger partial charge in [0.05, 0.1) is 18.2 Å². The van der Waals surface area contributed by atoms with Crippen molar-refractivity contribution in [1.82, 2.24) is 4.57 Å². The normalized spacial score (nSPS) is 10.7. The molecule has 0 saturated heterocycles. The van der Waals surface area contributed by atoms with E-state index >= 15 is 0 Å². The summed E-state index contributed by atoms with van der Waals surface area (Å²) in [7, 11) is 1.38. The largest absolute Gasteiger partial charge is 0.465 e. The number of benzene rings is 2. The van der Waals surface area contributed by atoms with Gasteiger partial charge in [-0.15, -0.1) is 0 Å². The number of hydrogen-bond donors (Lipinski definition) is 1. The smallest absolute Gasteiger partial charge is 0.337 e. The third-order valence-electron chi connectivity index (χ3n) is 3.53. The Hall–Kier alpha value is -2.75. The molecule has 0 unspecified atom stereocenters. The number of carbonyl (C=O) groups excluding carboxylic acids is 1. The van der Waals surface area contributed by atoms with Gasteiger partial charge in [-0.1, -0.05) is 18.2 Å². The van der Waals surface area contributed by atoms with Crippen molar-refractivity contribution in [3.05, 3.63) is 65.9 Å². The highest BCUT2D eigenvalue weighted by atomic mass is 16.5. The van der Waals surface area contributed by atoms with Crippen LogP contribution in [0.4, 0.5) is 5.69 Å². The van der Waals surface area contributed by atoms with Gasteiger partial charge in [-0.2, -0.15) is 0 Å². The summed E-state index contributed by atoms with van der Waals surface area (Å²) in [6, 6.07) is 15.4. The van der Waals surface area contributed by atoms with E-state index in [-0.39, 0.29) is 5.97 Å². The minimum atomic E-state index is -0.319. The third kappa shape index (κ3) is 2.60. The van der Waals surface area contributed by atoms with Crippen LogP contribution in [0.2, 0.25) is 0 Å². The van der Waals surface area contributed by atoms with Gasteiger partial charge in [-0.05, 0) is 41.3 Å². The van der Waals surface area contributed by atoms with Crippen LogP contribution in [-0.2, 0) is 11.3 Å². The standard InChI is InChI=1S/C17H16N2O2/c1-21-17(20)14-4-2-12(3-5-14)11-19-9-8-13-6-7-15(18)10-16(13)19/h2-10H,11,18H2,1H3. The highest BCUT2D eigenvalue weighted by Gasteiger charge is 2.06. The minimum absolute atomic E-state index is 0.319. The molecule has 1 aromatic heterocycles. The van der Waals surface area contributed by atoms with Crippen LogP contribution in [0.15, 0.2) is 54.7 Å². The quantitative estimate of drug-likeness (QED) is 0.592. The average molecular weight is 280 g/mol. The summed E-state index contributed by atoms with van der Waals surface area (Å²) in [6.45, 7) is 0.731. The van der Waals surface area contributed by atoms with E-state index in [0.29, 0.717) is 5.56 Å². The molecule has 0 saturated carbocycles. The van der Waals surface area contributed by atoms with Gasteiger partial charge in [0.25, 0.3) is 0 Å². The predicted octanol–water partition coefficient (Wildman–Crippen LogP) is 3.06. The van der Waals surface area contributed by atoms with Gasteiger partial charge in [-0.3, -0.25) is 0 Å². The Morgan fingerprint density at radius 3 is 2.62 bits per heavy atom. The van der Waals surface area contributed by atoms with Crippen molar-refractivity contribution in [1.29, 1.82) is 0 Å². The number of esters is 1. The second kappa shape index (κ2) is 5.32. The molecule has 4 nitrogen and oxygen atoms in total. The van der Waals surface area contributed by atoms with E-state index in [9.17, 15) is 4.79 Å². The van der Waals surface area contributed by atoms with Gasteiger partial charge in [-0.25, -0.2) is 4.79 Å². The molecule has 1 heterocycles. The molecule has 0 spiro atoms. The van der Waals surface area contributed by atoms with Gasteiger partial charge in [0, 0.05) is 18.4 Å². The number of nitrogens with zero attached hydrogens (tertiary/aromatic N) is 1. The van der Waals surface area contributed by atoms with E-state index in [4.69, 9.17) is 10.5 Å². The molecule has 0 aliphatic rings. The monoisotopic (exact) mass is 280 g/mol. The van der Waals surface area contributed by atoms with Crippen molar-refractivity contribution in [3.8, 4) is 0 Å². The number of ether oxygens (including phenoxy) is 1. The first-order valence-electron chi connectivity index (χ1n) is 6.69. The molecule has 21 heavy (non-hydrogen) atoms. The lowest BCUT2D eigenvalue weighted by atomic mass is 10.1. The number of carbonyl (C=O) groups is 1. The maximum atomic E-state index is 11.4. The molecule has 0 atom stereocenters. The topological polar surface area (TPSA) is 57.2 Å². The van der Waals surface area contributed by atoms with Crippen LogP contribution >= 0.6 is 0 Å². The van der Waals surface area contributed by atoms with Gasteiger partial charge in [0.1, 0.15) is 0 Å². The lowest BCUT2D eigenvalue weighted by Crippen LogP contribution is -2.02. The van der Waals surface area contributed by atoms with Gasteiger partial charge >= 0.3 is 5.97 Å². The fourth-order valence-corrected chi connectivity index (χ4v) is 2.40. The molecule has 4 heteroatoms. The van der Waals surface area contributed by atoms with Crippen molar-refractivity contribution in [2.75, 3.05) is 12.8 Å². The summed E-state index contributed by atoms with van der Waals surface area (Å²) in [4.78, 5) is 11.4. The molecule has 3 rings (SSSR count). The van der Waals surface area contributed by atoms with Gasteiger partial charge in [0.2, 0.25) is 0 Å². The van der Waals surface area contributed by atoms with E-state index in [1.54, 1.807) is 12.1 Å². The molecular formula is C17H16N2O2. The van der Waals surface area contributed by atoms with Crippen LogP contribution in [0, 0.1) is 0 Å². The second-order valence-corrected chi connectivity index (χ2v) is 4.95. The van der Waals surface area contributed by atoms with Crippen molar-refractivity contribution in [2.24, 2.45) is 0 Å². The Kier molecular flexibility index (Phi) is 3.36. The number of aromatic nitrogens is 1. The first-order valence-corrected chi connectivity index (χ1v) is 6.69. The molecular weight excluding hydrogens is 264 g/mol. The predicted molar refractivity (Wildman–Crippen MR) is 83.2 cm³/mol. The molecule has 0 fully saturated rings. The zero-order valence-corrected chi connectivity index (χ0v) is 11.7. The average Bonchev–Trinajstić information content (AvgIpc) is 2.89. The second-order valence-electron chi connectivity index (χ2n) is 4.95. The zero-order valence-electron chi connectivity index (χ0n) is 11.7. The maximum absolute atomic E-state index is 11.4. The molecule has 0 bridgehead atoms. The van der Waals surface area contributed by atoms with Crippen LogP contribution in [0.5, 0.6) is 0 Å². The summed E-state index contributed by atoms with van der Waals surface area (Å²) >= 11 is 0. The molecule has 0 radical (unpaired) electrons. The Balaban J connectivity index is 1.88. The summed E-state index contributed by atoms with van der Waals surface area (Å²) in [5.74, 6) is -0.319. The minimum Gasteiger partial charge on any atom is -0.465 e. The van der Waals surface area contributed by atoms with Gasteiger partial charge in [0.15, 0.2) is 0 Å². The lowest BCUT2D eigenvalue weighted by Gasteiger charge is -2.07. The SMILES string of the molecule is COC(=O)c1ccc(Cn2ccc3ccc(N)cc32)cc1. The highest BCUT2D eigenvalue weighted by molar-refractivity contribution is 5.89. The van der Waals surface area contributed by atoms with Crippen LogP contribution < -0.4 is 5.73 Å². The van der Waals surface area contributed by atoms with Crippen molar-refractivity contribution in [3.63, 3.8) is 0 Å². The molecule has 106 valence electrons. The number of nitrogen functional groups attached to an aromatic ring is 1. The maximum Gasteiger partial charge on any atom is 0.337 e. The summed E-state index contributed by atoms with van der Waals surface area (Å²) in [6.07, 6.45) is 2.04. The Morgan fingerprint density at radius 1 is 1.14 bits per heavy atom. The molecule has 2 N–H and O–H groups in total. The summed E-state index contributed by atoms with van der Waals surface area (Å²) in [5, 5.41) is 1.16. The molecule has 0 aliphatic heterocycles. The van der Waals surface area contributed by atoms with E-state index in [2.05, 4.69) is 10.6 Å². The van der Waals surface area contributed by atoms with Crippen LogP contribution in [-0.4, -0.2) is 17.6 Å². The number of fused-ring (bicyclic) bond motifs is 1. The zero-order chi connectivity index (χ0) is 14.8. The Morgan fingerprint density at radius 2 is 1.90 bits per heavy atom. The molecule has 2 aromatic carbocycles. The number of methoxy groups -OCH3 is 1. The van der Waals surface area contributed by atoms with Crippen molar-refractivity contribution in [2.45, 2.75) is 6.54 Å². The van der Waals surface area contributed by atoms with E-state index < -0.39 is 0 Å². The van der Waals surface area contributed by atoms with Crippen LogP contribution in [0.1, 0.15) is 15.9 Å². The van der Waals surface area contributed by atoms with E-state index in [0.717, 1.165) is 28.7 Å². The number of hydrogen-bond acceptors (Lipinski definition) is 3.